The fourth-order valence-corrected chi connectivity index (χ4v) is 2.67. The lowest BCUT2D eigenvalue weighted by Crippen LogP contribution is -2.06. The zero-order valence-corrected chi connectivity index (χ0v) is 14.7. The Labute approximate surface area is 152 Å². The predicted octanol–water partition coefficient (Wildman–Crippen LogP) is 3.78. The molecule has 26 heavy (non-hydrogen) atoms. The number of carboxylic acids is 1. The Morgan fingerprint density at radius 3 is 2.58 bits per heavy atom. The van der Waals surface area contributed by atoms with Gasteiger partial charge < -0.3 is 10.4 Å². The first-order valence-electron chi connectivity index (χ1n) is 8.43. The number of aromatic nitrogens is 3. The van der Waals surface area contributed by atoms with Gasteiger partial charge in [-0.3, -0.25) is 0 Å². The molecule has 0 aliphatic rings. The van der Waals surface area contributed by atoms with E-state index < -0.39 is 5.97 Å². The van der Waals surface area contributed by atoms with Gasteiger partial charge in [0.2, 0.25) is 5.95 Å². The zero-order valence-electron chi connectivity index (χ0n) is 14.7. The quantitative estimate of drug-likeness (QED) is 0.705. The van der Waals surface area contributed by atoms with Crippen molar-refractivity contribution in [1.29, 1.82) is 0 Å². The summed E-state index contributed by atoms with van der Waals surface area (Å²) in [6.07, 6.45) is 1.60. The van der Waals surface area contributed by atoms with E-state index in [1.54, 1.807) is 18.2 Å². The summed E-state index contributed by atoms with van der Waals surface area (Å²) in [5.41, 5.74) is 3.25. The van der Waals surface area contributed by atoms with Gasteiger partial charge in [-0.25, -0.2) is 9.78 Å². The van der Waals surface area contributed by atoms with E-state index in [1.807, 2.05) is 13.0 Å². The van der Waals surface area contributed by atoms with Gasteiger partial charge in [-0.1, -0.05) is 37.3 Å². The van der Waals surface area contributed by atoms with Crippen molar-refractivity contribution in [1.82, 2.24) is 15.0 Å². The SMILES string of the molecule is CCc1cccc(Cc2nc(C)nc(Nc3cccc(C(=O)O)c3)n2)c1. The number of nitrogens with one attached hydrogen (secondary N) is 1. The van der Waals surface area contributed by atoms with Gasteiger partial charge in [0.05, 0.1) is 5.56 Å². The zero-order chi connectivity index (χ0) is 18.5. The van der Waals surface area contributed by atoms with Gasteiger partial charge in [-0.05, 0) is 42.7 Å². The molecule has 0 aliphatic heterocycles. The average molecular weight is 348 g/mol. The minimum Gasteiger partial charge on any atom is -0.478 e. The van der Waals surface area contributed by atoms with Gasteiger partial charge in [-0.15, -0.1) is 0 Å². The van der Waals surface area contributed by atoms with E-state index in [0.717, 1.165) is 12.0 Å². The lowest BCUT2D eigenvalue weighted by atomic mass is 10.1. The molecule has 2 N–H and O–H groups in total. The maximum absolute atomic E-state index is 11.1. The van der Waals surface area contributed by atoms with Crippen LogP contribution in [0.15, 0.2) is 48.5 Å². The smallest absolute Gasteiger partial charge is 0.335 e. The summed E-state index contributed by atoms with van der Waals surface area (Å²) >= 11 is 0. The van der Waals surface area contributed by atoms with Crippen LogP contribution in [0.1, 0.15) is 40.1 Å². The number of carbonyl (C=O) groups is 1. The molecule has 1 heterocycles. The highest BCUT2D eigenvalue weighted by molar-refractivity contribution is 5.88. The first-order chi connectivity index (χ1) is 12.5. The molecule has 0 saturated heterocycles. The van der Waals surface area contributed by atoms with E-state index in [-0.39, 0.29) is 5.56 Å². The van der Waals surface area contributed by atoms with Gasteiger partial charge in [0.1, 0.15) is 11.6 Å². The Morgan fingerprint density at radius 2 is 1.81 bits per heavy atom. The minimum absolute atomic E-state index is 0.206. The average Bonchev–Trinajstić information content (AvgIpc) is 2.61. The van der Waals surface area contributed by atoms with Crippen LogP contribution >= 0.6 is 0 Å². The molecule has 6 heteroatoms. The second-order valence-corrected chi connectivity index (χ2v) is 5.98. The molecule has 3 aromatic rings. The van der Waals surface area contributed by atoms with Crippen molar-refractivity contribution in [2.75, 3.05) is 5.32 Å². The van der Waals surface area contributed by atoms with Crippen LogP contribution in [-0.2, 0) is 12.8 Å². The van der Waals surface area contributed by atoms with Crippen LogP contribution in [0, 0.1) is 6.92 Å². The molecule has 0 saturated carbocycles. The van der Waals surface area contributed by atoms with Crippen LogP contribution < -0.4 is 5.32 Å². The number of benzene rings is 2. The maximum atomic E-state index is 11.1. The molecule has 0 spiro atoms. The second-order valence-electron chi connectivity index (χ2n) is 5.98. The van der Waals surface area contributed by atoms with Crippen LogP contribution in [0.3, 0.4) is 0 Å². The van der Waals surface area contributed by atoms with Gasteiger partial charge in [-0.2, -0.15) is 9.97 Å². The van der Waals surface area contributed by atoms with Crippen molar-refractivity contribution < 1.29 is 9.90 Å². The van der Waals surface area contributed by atoms with Crippen molar-refractivity contribution in [3.63, 3.8) is 0 Å². The van der Waals surface area contributed by atoms with Gasteiger partial charge >= 0.3 is 5.97 Å². The monoisotopic (exact) mass is 348 g/mol. The molecule has 0 atom stereocenters. The topological polar surface area (TPSA) is 88.0 Å². The number of rotatable bonds is 6. The van der Waals surface area contributed by atoms with Gasteiger partial charge in [0, 0.05) is 12.1 Å². The summed E-state index contributed by atoms with van der Waals surface area (Å²) in [5.74, 6) is 0.708. The van der Waals surface area contributed by atoms with Crippen LogP contribution in [0.5, 0.6) is 0 Å². The molecule has 0 fully saturated rings. The number of carboxylic acid groups (broad SMARTS) is 1. The highest BCUT2D eigenvalue weighted by Crippen LogP contribution is 2.16. The lowest BCUT2D eigenvalue weighted by Gasteiger charge is -2.09. The molecule has 132 valence electrons. The lowest BCUT2D eigenvalue weighted by molar-refractivity contribution is 0.0697. The van der Waals surface area contributed by atoms with Crippen molar-refractivity contribution in [3.05, 3.63) is 76.9 Å². The molecular formula is C20H20N4O2. The number of aromatic carboxylic acids is 1. The Balaban J connectivity index is 1.83. The number of hydrogen-bond donors (Lipinski definition) is 2. The minimum atomic E-state index is -0.975. The van der Waals surface area contributed by atoms with Crippen LogP contribution in [0.25, 0.3) is 0 Å². The Kier molecular flexibility index (Phi) is 5.22. The van der Waals surface area contributed by atoms with E-state index in [2.05, 4.69) is 45.4 Å². The van der Waals surface area contributed by atoms with Crippen molar-refractivity contribution >= 4 is 17.6 Å². The third kappa shape index (κ3) is 4.42. The molecular weight excluding hydrogens is 328 g/mol. The summed E-state index contributed by atoms with van der Waals surface area (Å²) < 4.78 is 0. The summed E-state index contributed by atoms with van der Waals surface area (Å²) in [6, 6.07) is 14.9. The van der Waals surface area contributed by atoms with Crippen LogP contribution in [-0.4, -0.2) is 26.0 Å². The molecule has 0 unspecified atom stereocenters. The maximum Gasteiger partial charge on any atom is 0.335 e. The third-order valence-corrected chi connectivity index (χ3v) is 3.92. The molecule has 6 nitrogen and oxygen atoms in total. The standard InChI is InChI=1S/C20H20N4O2/c1-3-14-6-4-7-15(10-14)11-18-21-13(2)22-20(24-18)23-17-9-5-8-16(12-17)19(25)26/h4-10,12H,3,11H2,1-2H3,(H,25,26)(H,21,22,23,24). The highest BCUT2D eigenvalue weighted by atomic mass is 16.4. The van der Waals surface area contributed by atoms with E-state index >= 15 is 0 Å². The van der Waals surface area contributed by atoms with Gasteiger partial charge in [0.15, 0.2) is 0 Å². The van der Waals surface area contributed by atoms with E-state index in [9.17, 15) is 4.79 Å². The Morgan fingerprint density at radius 1 is 1.04 bits per heavy atom. The molecule has 2 aromatic carbocycles. The van der Waals surface area contributed by atoms with E-state index in [4.69, 9.17) is 5.11 Å². The van der Waals surface area contributed by atoms with E-state index in [1.165, 1.54) is 11.6 Å². The number of nitrogens with zero attached hydrogens (tertiary/aromatic N) is 3. The molecule has 3 rings (SSSR count). The summed E-state index contributed by atoms with van der Waals surface area (Å²) in [6.45, 7) is 3.94. The van der Waals surface area contributed by atoms with Crippen molar-refractivity contribution in [3.8, 4) is 0 Å². The fourth-order valence-electron chi connectivity index (χ4n) is 2.67. The number of hydrogen-bond acceptors (Lipinski definition) is 5. The molecule has 0 bridgehead atoms. The normalized spacial score (nSPS) is 10.5. The van der Waals surface area contributed by atoms with E-state index in [0.29, 0.717) is 29.7 Å². The predicted molar refractivity (Wildman–Crippen MR) is 99.9 cm³/mol. The number of aryl methyl sites for hydroxylation is 2. The molecule has 0 radical (unpaired) electrons. The van der Waals surface area contributed by atoms with Gasteiger partial charge in [0.25, 0.3) is 0 Å². The number of anilines is 2. The Hall–Kier alpha value is -3.28. The summed E-state index contributed by atoms with van der Waals surface area (Å²) in [7, 11) is 0. The largest absolute Gasteiger partial charge is 0.478 e. The van der Waals surface area contributed by atoms with Crippen LogP contribution in [0.4, 0.5) is 11.6 Å². The van der Waals surface area contributed by atoms with Crippen molar-refractivity contribution in [2.45, 2.75) is 26.7 Å². The van der Waals surface area contributed by atoms with Crippen LogP contribution in [0.2, 0.25) is 0 Å². The summed E-state index contributed by atoms with van der Waals surface area (Å²) in [4.78, 5) is 24.3. The fraction of sp³-hybridized carbons (Fsp3) is 0.200. The third-order valence-electron chi connectivity index (χ3n) is 3.92. The molecule has 0 amide bonds. The second kappa shape index (κ2) is 7.74. The molecule has 0 aliphatic carbocycles. The first-order valence-corrected chi connectivity index (χ1v) is 8.43. The highest BCUT2D eigenvalue weighted by Gasteiger charge is 2.08. The first kappa shape index (κ1) is 17.5. The Bertz CT molecular complexity index is 941. The molecule has 1 aromatic heterocycles. The summed E-state index contributed by atoms with van der Waals surface area (Å²) in [5, 5.41) is 12.2. The van der Waals surface area contributed by atoms with Crippen molar-refractivity contribution in [2.24, 2.45) is 0 Å².